The Morgan fingerprint density at radius 2 is 2.16 bits per heavy atom. The molecule has 1 aliphatic rings. The number of aromatic nitrogens is 2. The number of amides is 1. The number of oxime groups is 1. The van der Waals surface area contributed by atoms with Crippen LogP contribution in [-0.4, -0.2) is 44.7 Å². The summed E-state index contributed by atoms with van der Waals surface area (Å²) in [6.07, 6.45) is 4.66. The van der Waals surface area contributed by atoms with Crippen LogP contribution in [0.1, 0.15) is 30.1 Å². The van der Waals surface area contributed by atoms with Gasteiger partial charge in [0.25, 0.3) is 5.91 Å². The molecule has 7 heteroatoms. The number of hydrogen-bond acceptors (Lipinski definition) is 4. The molecule has 0 radical (unpaired) electrons. The highest BCUT2D eigenvalue weighted by atomic mass is 16.4. The third kappa shape index (κ3) is 2.54. The number of amidine groups is 1. The van der Waals surface area contributed by atoms with Gasteiger partial charge in [-0.05, 0) is 12.8 Å². The molecule has 1 amide bonds. The molecule has 2 rings (SSSR count). The van der Waals surface area contributed by atoms with Crippen LogP contribution in [0.3, 0.4) is 0 Å². The van der Waals surface area contributed by atoms with Crippen molar-refractivity contribution < 1.29 is 10.0 Å². The van der Waals surface area contributed by atoms with Crippen LogP contribution in [0.15, 0.2) is 17.5 Å². The maximum absolute atomic E-state index is 12.2. The van der Waals surface area contributed by atoms with Gasteiger partial charge in [-0.2, -0.15) is 5.10 Å². The molecule has 0 saturated carbocycles. The molecule has 1 aliphatic heterocycles. The summed E-state index contributed by atoms with van der Waals surface area (Å²) in [6, 6.07) is 0. The van der Waals surface area contributed by atoms with Crippen LogP contribution in [0, 0.1) is 5.41 Å². The Morgan fingerprint density at radius 1 is 1.53 bits per heavy atom. The highest BCUT2D eigenvalue weighted by Gasteiger charge is 2.35. The third-order valence-electron chi connectivity index (χ3n) is 3.83. The van der Waals surface area contributed by atoms with Gasteiger partial charge in [0.05, 0.1) is 11.8 Å². The van der Waals surface area contributed by atoms with E-state index in [0.717, 1.165) is 0 Å². The van der Waals surface area contributed by atoms with Crippen LogP contribution in [0.2, 0.25) is 0 Å². The Morgan fingerprint density at radius 3 is 2.63 bits per heavy atom. The van der Waals surface area contributed by atoms with Gasteiger partial charge in [-0.1, -0.05) is 12.1 Å². The SMILES string of the molecule is Cn1cc(C(=O)N2CCC(C)(/C(N)=N/O)CC2)cn1. The van der Waals surface area contributed by atoms with Gasteiger partial charge in [0.15, 0.2) is 0 Å². The number of hydrogen-bond donors (Lipinski definition) is 2. The molecule has 1 aromatic heterocycles. The van der Waals surface area contributed by atoms with Crippen molar-refractivity contribution in [3.8, 4) is 0 Å². The molecular weight excluding hydrogens is 246 g/mol. The van der Waals surface area contributed by atoms with Crippen molar-refractivity contribution in [2.45, 2.75) is 19.8 Å². The number of carbonyl (C=O) groups excluding carboxylic acids is 1. The van der Waals surface area contributed by atoms with Gasteiger partial charge < -0.3 is 15.8 Å². The first-order valence-corrected chi connectivity index (χ1v) is 6.22. The molecule has 104 valence electrons. The number of likely N-dealkylation sites (tertiary alicyclic amines) is 1. The Kier molecular flexibility index (Phi) is 3.46. The monoisotopic (exact) mass is 265 g/mol. The van der Waals surface area contributed by atoms with E-state index in [1.807, 2.05) is 6.92 Å². The first-order valence-electron chi connectivity index (χ1n) is 6.22. The van der Waals surface area contributed by atoms with E-state index in [9.17, 15) is 4.79 Å². The van der Waals surface area contributed by atoms with E-state index in [1.165, 1.54) is 0 Å². The molecule has 7 nitrogen and oxygen atoms in total. The highest BCUT2D eigenvalue weighted by molar-refractivity contribution is 5.94. The van der Waals surface area contributed by atoms with Gasteiger partial charge >= 0.3 is 0 Å². The van der Waals surface area contributed by atoms with Gasteiger partial charge in [0, 0.05) is 31.7 Å². The molecular formula is C12H19N5O2. The lowest BCUT2D eigenvalue weighted by atomic mass is 9.79. The second kappa shape index (κ2) is 4.91. The lowest BCUT2D eigenvalue weighted by molar-refractivity contribution is 0.0666. The summed E-state index contributed by atoms with van der Waals surface area (Å²) in [6.45, 7) is 3.15. The second-order valence-electron chi connectivity index (χ2n) is 5.24. The van der Waals surface area contributed by atoms with Crippen molar-refractivity contribution in [3.05, 3.63) is 18.0 Å². The first-order chi connectivity index (χ1) is 8.96. The van der Waals surface area contributed by atoms with Gasteiger partial charge in [-0.25, -0.2) is 0 Å². The molecule has 0 bridgehead atoms. The summed E-state index contributed by atoms with van der Waals surface area (Å²) in [5.74, 6) is 0.218. The summed E-state index contributed by atoms with van der Waals surface area (Å²) < 4.78 is 1.61. The fraction of sp³-hybridized carbons (Fsp3) is 0.583. The van der Waals surface area contributed by atoms with Crippen LogP contribution < -0.4 is 5.73 Å². The Balaban J connectivity index is 2.02. The molecule has 0 aromatic carbocycles. The lowest BCUT2D eigenvalue weighted by Crippen LogP contribution is -2.47. The van der Waals surface area contributed by atoms with Crippen molar-refractivity contribution in [3.63, 3.8) is 0 Å². The van der Waals surface area contributed by atoms with Crippen molar-refractivity contribution in [1.29, 1.82) is 0 Å². The van der Waals surface area contributed by atoms with E-state index in [2.05, 4.69) is 10.3 Å². The third-order valence-corrected chi connectivity index (χ3v) is 3.83. The standard InChI is InChI=1S/C12H19N5O2/c1-12(11(13)15-19)3-5-17(6-4-12)10(18)9-7-14-16(2)8-9/h7-8,19H,3-6H2,1-2H3,(H2,13,15). The van der Waals surface area contributed by atoms with E-state index < -0.39 is 0 Å². The summed E-state index contributed by atoms with van der Waals surface area (Å²) in [4.78, 5) is 14.0. The molecule has 0 unspecified atom stereocenters. The molecule has 2 heterocycles. The quantitative estimate of drug-likeness (QED) is 0.350. The first kappa shape index (κ1) is 13.4. The number of carbonyl (C=O) groups is 1. The molecule has 19 heavy (non-hydrogen) atoms. The van der Waals surface area contributed by atoms with Crippen LogP contribution in [-0.2, 0) is 7.05 Å². The highest BCUT2D eigenvalue weighted by Crippen LogP contribution is 2.31. The van der Waals surface area contributed by atoms with Crippen molar-refractivity contribution in [2.75, 3.05) is 13.1 Å². The number of piperidine rings is 1. The van der Waals surface area contributed by atoms with Crippen LogP contribution >= 0.6 is 0 Å². The minimum absolute atomic E-state index is 0.0188. The number of nitrogens with two attached hydrogens (primary N) is 1. The summed E-state index contributed by atoms with van der Waals surface area (Å²) in [5, 5.41) is 15.9. The fourth-order valence-electron chi connectivity index (χ4n) is 2.29. The molecule has 0 atom stereocenters. The van der Waals surface area contributed by atoms with E-state index in [1.54, 1.807) is 29.0 Å². The lowest BCUT2D eigenvalue weighted by Gasteiger charge is -2.38. The minimum Gasteiger partial charge on any atom is -0.409 e. The van der Waals surface area contributed by atoms with Crippen LogP contribution in [0.5, 0.6) is 0 Å². The van der Waals surface area contributed by atoms with Crippen molar-refractivity contribution in [1.82, 2.24) is 14.7 Å². The predicted octanol–water partition coefficient (Wildman–Crippen LogP) is 0.409. The smallest absolute Gasteiger partial charge is 0.257 e. The average molecular weight is 265 g/mol. The zero-order valence-electron chi connectivity index (χ0n) is 11.2. The Bertz CT molecular complexity index is 500. The molecule has 0 spiro atoms. The van der Waals surface area contributed by atoms with E-state index in [4.69, 9.17) is 10.9 Å². The zero-order valence-corrected chi connectivity index (χ0v) is 11.2. The average Bonchev–Trinajstić information content (AvgIpc) is 2.84. The van der Waals surface area contributed by atoms with Gasteiger partial charge in [-0.3, -0.25) is 9.48 Å². The predicted molar refractivity (Wildman–Crippen MR) is 69.9 cm³/mol. The molecule has 0 aliphatic carbocycles. The normalized spacial score (nSPS) is 19.5. The molecule has 1 fully saturated rings. The van der Waals surface area contributed by atoms with Crippen LogP contribution in [0.25, 0.3) is 0 Å². The van der Waals surface area contributed by atoms with E-state index in [-0.39, 0.29) is 17.2 Å². The Labute approximate surface area is 111 Å². The summed E-state index contributed by atoms with van der Waals surface area (Å²) >= 11 is 0. The number of aryl methyl sites for hydroxylation is 1. The molecule has 1 aromatic rings. The largest absolute Gasteiger partial charge is 0.409 e. The van der Waals surface area contributed by atoms with Gasteiger partial charge in [-0.15, -0.1) is 0 Å². The summed E-state index contributed by atoms with van der Waals surface area (Å²) in [7, 11) is 1.78. The van der Waals surface area contributed by atoms with Crippen LogP contribution in [0.4, 0.5) is 0 Å². The van der Waals surface area contributed by atoms with E-state index in [0.29, 0.717) is 31.5 Å². The summed E-state index contributed by atoms with van der Waals surface area (Å²) in [5.41, 5.74) is 5.96. The van der Waals surface area contributed by atoms with Crippen molar-refractivity contribution >= 4 is 11.7 Å². The maximum Gasteiger partial charge on any atom is 0.257 e. The molecule has 1 saturated heterocycles. The second-order valence-corrected chi connectivity index (χ2v) is 5.24. The maximum atomic E-state index is 12.2. The molecule has 3 N–H and O–H groups in total. The fourth-order valence-corrected chi connectivity index (χ4v) is 2.29. The van der Waals surface area contributed by atoms with Crippen molar-refractivity contribution in [2.24, 2.45) is 23.4 Å². The van der Waals surface area contributed by atoms with Gasteiger partial charge in [0.2, 0.25) is 0 Å². The zero-order chi connectivity index (χ0) is 14.0. The number of nitrogens with zero attached hydrogens (tertiary/aromatic N) is 4. The Hall–Kier alpha value is -2.05. The van der Waals surface area contributed by atoms with E-state index >= 15 is 0 Å². The van der Waals surface area contributed by atoms with Gasteiger partial charge in [0.1, 0.15) is 5.84 Å². The topological polar surface area (TPSA) is 96.7 Å². The number of rotatable bonds is 2. The minimum atomic E-state index is -0.333.